The molecule has 6 nitrogen and oxygen atoms in total. The van der Waals surface area contributed by atoms with Gasteiger partial charge in [-0.2, -0.15) is 0 Å². The molecule has 1 N–H and O–H groups in total. The molecule has 1 amide bonds. The van der Waals surface area contributed by atoms with E-state index in [1.165, 1.54) is 41.5 Å². The lowest BCUT2D eigenvalue weighted by atomic mass is 10.2. The highest BCUT2D eigenvalue weighted by Crippen LogP contribution is 2.40. The largest absolute Gasteiger partial charge is 0.303 e. The number of thioether (sulfide) groups is 1. The molecule has 1 saturated carbocycles. The van der Waals surface area contributed by atoms with Crippen LogP contribution in [0.25, 0.3) is 10.2 Å². The first-order valence-corrected chi connectivity index (χ1v) is 10.6. The molecule has 2 heterocycles. The minimum Gasteiger partial charge on any atom is -0.303 e. The quantitative estimate of drug-likeness (QED) is 0.635. The van der Waals surface area contributed by atoms with Crippen LogP contribution in [0.4, 0.5) is 5.13 Å². The third-order valence-corrected chi connectivity index (χ3v) is 6.12. The highest BCUT2D eigenvalue weighted by Gasteiger charge is 2.30. The molecule has 1 fully saturated rings. The van der Waals surface area contributed by atoms with E-state index in [0.717, 1.165) is 21.2 Å². The van der Waals surface area contributed by atoms with Crippen LogP contribution in [0.15, 0.2) is 23.4 Å². The summed E-state index contributed by atoms with van der Waals surface area (Å²) in [6.07, 6.45) is 2.34. The van der Waals surface area contributed by atoms with Gasteiger partial charge in [-0.15, -0.1) is 10.2 Å². The van der Waals surface area contributed by atoms with Crippen LogP contribution in [0, 0.1) is 6.92 Å². The Kier molecular flexibility index (Phi) is 4.71. The number of nitrogens with zero attached hydrogens (tertiary/aromatic N) is 4. The number of thiazole rings is 1. The maximum absolute atomic E-state index is 12.3. The molecule has 136 valence electrons. The van der Waals surface area contributed by atoms with Gasteiger partial charge in [-0.25, -0.2) is 4.98 Å². The fourth-order valence-corrected chi connectivity index (χ4v) is 4.62. The first-order valence-electron chi connectivity index (χ1n) is 8.76. The zero-order chi connectivity index (χ0) is 18.3. The minimum atomic E-state index is -0.0674. The van der Waals surface area contributed by atoms with Crippen molar-refractivity contribution in [3.63, 3.8) is 0 Å². The molecular formula is C18H21N5OS2. The number of aromatic nitrogens is 4. The van der Waals surface area contributed by atoms with Crippen molar-refractivity contribution in [2.75, 3.05) is 11.1 Å². The first-order chi connectivity index (χ1) is 12.5. The van der Waals surface area contributed by atoms with Crippen molar-refractivity contribution < 1.29 is 4.79 Å². The average Bonchev–Trinajstić information content (AvgIpc) is 3.21. The number of aryl methyl sites for hydroxylation is 1. The molecule has 0 radical (unpaired) electrons. The van der Waals surface area contributed by atoms with Crippen LogP contribution in [0.2, 0.25) is 0 Å². The van der Waals surface area contributed by atoms with Crippen LogP contribution in [-0.4, -0.2) is 31.4 Å². The van der Waals surface area contributed by atoms with Crippen molar-refractivity contribution >= 4 is 44.4 Å². The van der Waals surface area contributed by atoms with Crippen molar-refractivity contribution in [3.05, 3.63) is 29.6 Å². The number of amides is 1. The third kappa shape index (κ3) is 3.61. The fourth-order valence-electron chi connectivity index (χ4n) is 2.83. The van der Waals surface area contributed by atoms with Crippen LogP contribution in [0.3, 0.4) is 0 Å². The van der Waals surface area contributed by atoms with Gasteiger partial charge in [-0.3, -0.25) is 4.79 Å². The van der Waals surface area contributed by atoms with Gasteiger partial charge in [0.2, 0.25) is 5.91 Å². The minimum absolute atomic E-state index is 0.0674. The molecule has 8 heteroatoms. The topological polar surface area (TPSA) is 72.7 Å². The number of anilines is 1. The lowest BCUT2D eigenvalue weighted by Crippen LogP contribution is -2.14. The van der Waals surface area contributed by atoms with E-state index >= 15 is 0 Å². The summed E-state index contributed by atoms with van der Waals surface area (Å²) in [4.78, 5) is 16.8. The summed E-state index contributed by atoms with van der Waals surface area (Å²) in [6, 6.07) is 6.60. The Balaban J connectivity index is 1.42. The molecule has 0 aliphatic heterocycles. The smallest absolute Gasteiger partial charge is 0.236 e. The van der Waals surface area contributed by atoms with Crippen molar-refractivity contribution in [1.29, 1.82) is 0 Å². The van der Waals surface area contributed by atoms with E-state index in [1.807, 2.05) is 12.1 Å². The van der Waals surface area contributed by atoms with Gasteiger partial charge in [-0.1, -0.05) is 43.0 Å². The molecule has 26 heavy (non-hydrogen) atoms. The molecule has 0 unspecified atom stereocenters. The summed E-state index contributed by atoms with van der Waals surface area (Å²) >= 11 is 2.95. The SMILES string of the molecule is Cc1ccc2nc(NC(=O)CSc3nnc(C(C)C)n3C3CC3)sc2c1. The van der Waals surface area contributed by atoms with E-state index in [4.69, 9.17) is 0 Å². The van der Waals surface area contributed by atoms with Crippen LogP contribution in [0.1, 0.15) is 50.0 Å². The van der Waals surface area contributed by atoms with Gasteiger partial charge in [-0.05, 0) is 37.5 Å². The Morgan fingerprint density at radius 3 is 2.92 bits per heavy atom. The summed E-state index contributed by atoms with van der Waals surface area (Å²) in [5, 5.41) is 13.0. The Bertz CT molecular complexity index is 958. The Morgan fingerprint density at radius 2 is 2.19 bits per heavy atom. The van der Waals surface area contributed by atoms with Crippen molar-refractivity contribution in [2.45, 2.75) is 50.7 Å². The standard InChI is InChI=1S/C18H21N5OS2/c1-10(2)16-21-22-18(23(16)12-5-6-12)25-9-15(24)20-17-19-13-7-4-11(3)8-14(13)26-17/h4,7-8,10,12H,5-6,9H2,1-3H3,(H,19,20,24). The number of nitrogens with one attached hydrogen (secondary N) is 1. The van der Waals surface area contributed by atoms with Gasteiger partial charge in [0.1, 0.15) is 5.82 Å². The molecule has 0 bridgehead atoms. The molecule has 0 spiro atoms. The average molecular weight is 388 g/mol. The van der Waals surface area contributed by atoms with Gasteiger partial charge in [0.25, 0.3) is 0 Å². The van der Waals surface area contributed by atoms with E-state index in [-0.39, 0.29) is 5.91 Å². The lowest BCUT2D eigenvalue weighted by Gasteiger charge is -2.10. The molecule has 3 aromatic rings. The summed E-state index contributed by atoms with van der Waals surface area (Å²) in [7, 11) is 0. The van der Waals surface area contributed by atoms with Gasteiger partial charge >= 0.3 is 0 Å². The Hall–Kier alpha value is -1.93. The third-order valence-electron chi connectivity index (χ3n) is 4.24. The van der Waals surface area contributed by atoms with Crippen LogP contribution < -0.4 is 5.32 Å². The molecular weight excluding hydrogens is 366 g/mol. The molecule has 2 aromatic heterocycles. The molecule has 1 aromatic carbocycles. The molecule has 1 aliphatic rings. The number of fused-ring (bicyclic) bond motifs is 1. The number of benzene rings is 1. The Morgan fingerprint density at radius 1 is 1.38 bits per heavy atom. The summed E-state index contributed by atoms with van der Waals surface area (Å²) in [6.45, 7) is 6.30. The van der Waals surface area contributed by atoms with Crippen LogP contribution >= 0.6 is 23.1 Å². The maximum Gasteiger partial charge on any atom is 0.236 e. The molecule has 1 aliphatic carbocycles. The second kappa shape index (κ2) is 7.00. The van der Waals surface area contributed by atoms with Gasteiger partial charge in [0.15, 0.2) is 10.3 Å². The van der Waals surface area contributed by atoms with Gasteiger partial charge in [0.05, 0.1) is 16.0 Å². The van der Waals surface area contributed by atoms with Crippen LogP contribution in [0.5, 0.6) is 0 Å². The van der Waals surface area contributed by atoms with Crippen molar-refractivity contribution in [1.82, 2.24) is 19.7 Å². The van der Waals surface area contributed by atoms with E-state index in [2.05, 4.69) is 51.9 Å². The molecule has 0 saturated heterocycles. The second-order valence-corrected chi connectivity index (χ2v) is 8.90. The summed E-state index contributed by atoms with van der Waals surface area (Å²) in [5.74, 6) is 1.58. The highest BCUT2D eigenvalue weighted by atomic mass is 32.2. The number of hydrogen-bond acceptors (Lipinski definition) is 6. The second-order valence-electron chi connectivity index (χ2n) is 6.92. The van der Waals surface area contributed by atoms with Crippen molar-refractivity contribution in [3.8, 4) is 0 Å². The Labute approximate surface area is 160 Å². The normalized spacial score (nSPS) is 14.3. The number of hydrogen-bond donors (Lipinski definition) is 1. The molecule has 0 atom stereocenters. The first kappa shape index (κ1) is 17.5. The van der Waals surface area contributed by atoms with E-state index < -0.39 is 0 Å². The predicted octanol–water partition coefficient (Wildman–Crippen LogP) is 4.39. The van der Waals surface area contributed by atoms with Crippen molar-refractivity contribution in [2.24, 2.45) is 0 Å². The van der Waals surface area contributed by atoms with E-state index in [0.29, 0.717) is 22.8 Å². The lowest BCUT2D eigenvalue weighted by molar-refractivity contribution is -0.113. The molecule has 4 rings (SSSR count). The van der Waals surface area contributed by atoms with Gasteiger partial charge < -0.3 is 9.88 Å². The predicted molar refractivity (Wildman–Crippen MR) is 106 cm³/mol. The summed E-state index contributed by atoms with van der Waals surface area (Å²) < 4.78 is 3.30. The maximum atomic E-state index is 12.3. The van der Waals surface area contributed by atoms with Gasteiger partial charge in [0, 0.05) is 12.0 Å². The monoisotopic (exact) mass is 387 g/mol. The van der Waals surface area contributed by atoms with Crippen LogP contribution in [-0.2, 0) is 4.79 Å². The number of carbonyl (C=O) groups excluding carboxylic acids is 1. The van der Waals surface area contributed by atoms with E-state index in [9.17, 15) is 4.79 Å². The zero-order valence-corrected chi connectivity index (χ0v) is 16.7. The number of rotatable bonds is 6. The summed E-state index contributed by atoms with van der Waals surface area (Å²) in [5.41, 5.74) is 2.11. The fraction of sp³-hybridized carbons (Fsp3) is 0.444. The highest BCUT2D eigenvalue weighted by molar-refractivity contribution is 7.99. The zero-order valence-electron chi connectivity index (χ0n) is 15.0. The number of carbonyl (C=O) groups is 1. The van der Waals surface area contributed by atoms with E-state index in [1.54, 1.807) is 0 Å².